The standard InChI is InChI=1S/C20H10Cl2F3N5O/c21-14-7-5-12(6-8-14)17-16(22)15(9-26)30(28-17)10-11-1-3-13(4-2-11)18-27-19(31-29-18)20(23,24)25/h1-8H,10H2. The van der Waals surface area contributed by atoms with Crippen molar-refractivity contribution >= 4 is 23.2 Å². The Bertz CT molecular complexity index is 1270. The molecule has 0 amide bonds. The van der Waals surface area contributed by atoms with Gasteiger partial charge in [-0.25, -0.2) is 4.68 Å². The molecular weight excluding hydrogens is 454 g/mol. The van der Waals surface area contributed by atoms with Crippen molar-refractivity contribution in [1.29, 1.82) is 5.26 Å². The molecule has 0 unspecified atom stereocenters. The molecule has 4 rings (SSSR count). The van der Waals surface area contributed by atoms with E-state index in [1.165, 1.54) is 4.68 Å². The molecule has 0 saturated heterocycles. The zero-order valence-corrected chi connectivity index (χ0v) is 16.9. The summed E-state index contributed by atoms with van der Waals surface area (Å²) in [7, 11) is 0. The summed E-state index contributed by atoms with van der Waals surface area (Å²) in [5.74, 6) is -1.59. The van der Waals surface area contributed by atoms with E-state index in [0.717, 1.165) is 5.56 Å². The van der Waals surface area contributed by atoms with E-state index in [1.54, 1.807) is 48.5 Å². The number of rotatable bonds is 4. The largest absolute Gasteiger partial charge is 0.471 e. The average Bonchev–Trinajstić information content (AvgIpc) is 3.35. The predicted octanol–water partition coefficient (Wildman–Crippen LogP) is 5.85. The highest BCUT2D eigenvalue weighted by Crippen LogP contribution is 2.32. The van der Waals surface area contributed by atoms with Crippen LogP contribution in [0.15, 0.2) is 53.1 Å². The first-order valence-electron chi connectivity index (χ1n) is 8.69. The lowest BCUT2D eigenvalue weighted by Gasteiger charge is -2.04. The van der Waals surface area contributed by atoms with Gasteiger partial charge in [-0.05, 0) is 17.7 Å². The maximum absolute atomic E-state index is 12.6. The molecule has 156 valence electrons. The molecular formula is C20H10Cl2F3N5O. The molecule has 0 fully saturated rings. The van der Waals surface area contributed by atoms with Crippen molar-refractivity contribution in [3.05, 3.63) is 75.7 Å². The van der Waals surface area contributed by atoms with Crippen molar-refractivity contribution in [3.63, 3.8) is 0 Å². The number of halogens is 5. The van der Waals surface area contributed by atoms with Crippen LogP contribution in [0.25, 0.3) is 22.6 Å². The van der Waals surface area contributed by atoms with Gasteiger partial charge in [0.25, 0.3) is 0 Å². The van der Waals surface area contributed by atoms with Crippen LogP contribution in [-0.4, -0.2) is 19.9 Å². The summed E-state index contributed by atoms with van der Waals surface area (Å²) < 4.78 is 43.6. The Morgan fingerprint density at radius 1 is 1.00 bits per heavy atom. The predicted molar refractivity (Wildman–Crippen MR) is 106 cm³/mol. The van der Waals surface area contributed by atoms with Crippen LogP contribution in [0.2, 0.25) is 10.0 Å². The fourth-order valence-electron chi connectivity index (χ4n) is 2.84. The fourth-order valence-corrected chi connectivity index (χ4v) is 3.25. The molecule has 0 spiro atoms. The van der Waals surface area contributed by atoms with Crippen LogP contribution in [0.1, 0.15) is 17.1 Å². The van der Waals surface area contributed by atoms with E-state index >= 15 is 0 Å². The third-order valence-electron chi connectivity index (χ3n) is 4.33. The van der Waals surface area contributed by atoms with E-state index in [4.69, 9.17) is 23.2 Å². The van der Waals surface area contributed by atoms with E-state index in [1.807, 2.05) is 6.07 Å². The van der Waals surface area contributed by atoms with Crippen molar-refractivity contribution in [2.45, 2.75) is 12.7 Å². The van der Waals surface area contributed by atoms with Gasteiger partial charge >= 0.3 is 12.1 Å². The summed E-state index contributed by atoms with van der Waals surface area (Å²) in [6, 6.07) is 15.4. The molecule has 0 N–H and O–H groups in total. The second-order valence-corrected chi connectivity index (χ2v) is 7.22. The van der Waals surface area contributed by atoms with Crippen LogP contribution in [-0.2, 0) is 12.7 Å². The van der Waals surface area contributed by atoms with E-state index in [2.05, 4.69) is 19.8 Å². The van der Waals surface area contributed by atoms with Crippen LogP contribution >= 0.6 is 23.2 Å². The van der Waals surface area contributed by atoms with Crippen LogP contribution in [0.4, 0.5) is 13.2 Å². The van der Waals surface area contributed by atoms with Gasteiger partial charge in [0.1, 0.15) is 16.8 Å². The third-order valence-corrected chi connectivity index (χ3v) is 4.94. The molecule has 0 bridgehead atoms. The molecule has 0 atom stereocenters. The Hall–Kier alpha value is -3.35. The minimum Gasteiger partial charge on any atom is -0.329 e. The van der Waals surface area contributed by atoms with Crippen LogP contribution in [0.5, 0.6) is 0 Å². The Balaban J connectivity index is 1.60. The normalized spacial score (nSPS) is 11.5. The van der Waals surface area contributed by atoms with E-state index in [9.17, 15) is 18.4 Å². The van der Waals surface area contributed by atoms with Gasteiger partial charge in [0, 0.05) is 16.1 Å². The molecule has 0 saturated carbocycles. The summed E-state index contributed by atoms with van der Waals surface area (Å²) in [4.78, 5) is 3.36. The topological polar surface area (TPSA) is 80.5 Å². The highest BCUT2D eigenvalue weighted by molar-refractivity contribution is 6.34. The molecule has 0 aliphatic rings. The van der Waals surface area contributed by atoms with Gasteiger partial charge in [-0.3, -0.25) is 0 Å². The van der Waals surface area contributed by atoms with E-state index < -0.39 is 12.1 Å². The van der Waals surface area contributed by atoms with Crippen LogP contribution < -0.4 is 0 Å². The van der Waals surface area contributed by atoms with Crippen molar-refractivity contribution < 1.29 is 17.7 Å². The second-order valence-electron chi connectivity index (χ2n) is 6.41. The molecule has 2 heterocycles. The highest BCUT2D eigenvalue weighted by atomic mass is 35.5. The number of nitriles is 1. The number of aromatic nitrogens is 4. The lowest BCUT2D eigenvalue weighted by Crippen LogP contribution is -2.05. The quantitative estimate of drug-likeness (QED) is 0.379. The minimum atomic E-state index is -4.71. The first-order chi connectivity index (χ1) is 14.8. The Labute approximate surface area is 183 Å². The molecule has 4 aromatic rings. The summed E-state index contributed by atoms with van der Waals surface area (Å²) >= 11 is 12.3. The summed E-state index contributed by atoms with van der Waals surface area (Å²) in [6.45, 7) is 0.219. The van der Waals surface area contributed by atoms with Gasteiger partial charge in [-0.1, -0.05) is 64.8 Å². The Morgan fingerprint density at radius 2 is 1.65 bits per heavy atom. The Kier molecular flexibility index (Phi) is 5.43. The lowest BCUT2D eigenvalue weighted by molar-refractivity contribution is -0.159. The number of benzene rings is 2. The number of alkyl halides is 3. The molecule has 6 nitrogen and oxygen atoms in total. The molecule has 2 aromatic carbocycles. The first kappa shape index (κ1) is 20.9. The van der Waals surface area contributed by atoms with Gasteiger partial charge in [0.2, 0.25) is 5.82 Å². The third kappa shape index (κ3) is 4.26. The minimum absolute atomic E-state index is 0.177. The zero-order chi connectivity index (χ0) is 22.2. The molecule has 31 heavy (non-hydrogen) atoms. The Morgan fingerprint density at radius 3 is 2.23 bits per heavy atom. The summed E-state index contributed by atoms with van der Waals surface area (Å²) in [5.41, 5.74) is 2.42. The monoisotopic (exact) mass is 463 g/mol. The van der Waals surface area contributed by atoms with E-state index in [-0.39, 0.29) is 23.1 Å². The van der Waals surface area contributed by atoms with E-state index in [0.29, 0.717) is 21.8 Å². The van der Waals surface area contributed by atoms with Gasteiger partial charge in [-0.2, -0.15) is 28.5 Å². The van der Waals surface area contributed by atoms with Gasteiger partial charge in [0.05, 0.1) is 6.54 Å². The zero-order valence-electron chi connectivity index (χ0n) is 15.4. The maximum atomic E-state index is 12.6. The van der Waals surface area contributed by atoms with Crippen LogP contribution in [0, 0.1) is 11.3 Å². The average molecular weight is 464 g/mol. The maximum Gasteiger partial charge on any atom is 0.471 e. The van der Waals surface area contributed by atoms with Crippen molar-refractivity contribution in [3.8, 4) is 28.7 Å². The molecule has 0 radical (unpaired) electrons. The van der Waals surface area contributed by atoms with Crippen molar-refractivity contribution in [2.24, 2.45) is 0 Å². The number of hydrogen-bond acceptors (Lipinski definition) is 5. The lowest BCUT2D eigenvalue weighted by atomic mass is 10.1. The molecule has 11 heteroatoms. The first-order valence-corrected chi connectivity index (χ1v) is 9.44. The number of hydrogen-bond donors (Lipinski definition) is 0. The van der Waals surface area contributed by atoms with Gasteiger partial charge in [0.15, 0.2) is 5.69 Å². The smallest absolute Gasteiger partial charge is 0.329 e. The van der Waals surface area contributed by atoms with Crippen LogP contribution in [0.3, 0.4) is 0 Å². The van der Waals surface area contributed by atoms with Gasteiger partial charge < -0.3 is 4.52 Å². The fraction of sp³-hybridized carbons (Fsp3) is 0.100. The molecule has 2 aromatic heterocycles. The van der Waals surface area contributed by atoms with Crippen molar-refractivity contribution in [1.82, 2.24) is 19.9 Å². The van der Waals surface area contributed by atoms with Crippen molar-refractivity contribution in [2.75, 3.05) is 0 Å². The second kappa shape index (κ2) is 8.06. The van der Waals surface area contributed by atoms with Gasteiger partial charge in [-0.15, -0.1) is 0 Å². The molecule has 0 aliphatic heterocycles. The molecule has 0 aliphatic carbocycles. The number of nitrogens with zero attached hydrogens (tertiary/aromatic N) is 5. The summed E-state index contributed by atoms with van der Waals surface area (Å²) in [6.07, 6.45) is -4.71. The summed E-state index contributed by atoms with van der Waals surface area (Å²) in [5, 5.41) is 18.1. The SMILES string of the molecule is N#Cc1c(Cl)c(-c2ccc(Cl)cc2)nn1Cc1ccc(-c2noc(C(F)(F)F)n2)cc1. The highest BCUT2D eigenvalue weighted by Gasteiger charge is 2.38.